The summed E-state index contributed by atoms with van der Waals surface area (Å²) in [6, 6.07) is 11.2. The van der Waals surface area contributed by atoms with Crippen LogP contribution in [0.3, 0.4) is 0 Å². The lowest BCUT2D eigenvalue weighted by atomic mass is 10.1. The molecule has 5 heteroatoms. The van der Waals surface area contributed by atoms with E-state index in [-0.39, 0.29) is 0 Å². The molecule has 0 spiro atoms. The molecule has 2 aromatic rings. The van der Waals surface area contributed by atoms with Gasteiger partial charge in [-0.15, -0.1) is 0 Å². The third-order valence-electron chi connectivity index (χ3n) is 4.17. The van der Waals surface area contributed by atoms with Gasteiger partial charge in [0.15, 0.2) is 0 Å². The van der Waals surface area contributed by atoms with E-state index in [0.29, 0.717) is 21.7 Å². The molecule has 0 amide bonds. The van der Waals surface area contributed by atoms with Gasteiger partial charge in [-0.25, -0.2) is 0 Å². The molecular weight excluding hydrogens is 389 g/mol. The van der Waals surface area contributed by atoms with E-state index in [0.717, 1.165) is 30.0 Å². The average Bonchev–Trinajstić information content (AvgIpc) is 2.63. The Bertz CT molecular complexity index is 691. The summed E-state index contributed by atoms with van der Waals surface area (Å²) in [5, 5.41) is 5.28. The Hall–Kier alpha value is -0.930. The molecule has 0 fully saturated rings. The molecule has 142 valence electrons. The van der Waals surface area contributed by atoms with Gasteiger partial charge in [0, 0.05) is 17.1 Å². The highest BCUT2D eigenvalue weighted by molar-refractivity contribution is 6.42. The Morgan fingerprint density at radius 3 is 2.46 bits per heavy atom. The Balaban J connectivity index is 1.87. The van der Waals surface area contributed by atoms with Gasteiger partial charge in [0.25, 0.3) is 0 Å². The fourth-order valence-corrected chi connectivity index (χ4v) is 3.21. The zero-order chi connectivity index (χ0) is 18.8. The van der Waals surface area contributed by atoms with Crippen LogP contribution < -0.4 is 10.1 Å². The minimum Gasteiger partial charge on any atom is -0.489 e. The second-order valence-corrected chi connectivity index (χ2v) is 7.63. The Labute approximate surface area is 171 Å². The number of rotatable bonds is 11. The van der Waals surface area contributed by atoms with Crippen LogP contribution in [0.4, 0.5) is 0 Å². The lowest BCUT2D eigenvalue weighted by Crippen LogP contribution is -2.15. The third kappa shape index (κ3) is 7.36. The summed E-state index contributed by atoms with van der Waals surface area (Å²) in [6.45, 7) is 4.41. The SMILES string of the molecule is CCCCCCCNCc1cc(Cl)ccc1OCc1ccc(Cl)c(Cl)c1. The summed E-state index contributed by atoms with van der Waals surface area (Å²) >= 11 is 18.2. The first kappa shape index (κ1) is 21.4. The van der Waals surface area contributed by atoms with Gasteiger partial charge in [0.2, 0.25) is 0 Å². The zero-order valence-electron chi connectivity index (χ0n) is 15.2. The standard InChI is InChI=1S/C21H26Cl3NO/c1-2-3-4-5-6-11-25-14-17-13-18(22)8-10-21(17)26-15-16-7-9-19(23)20(24)12-16/h7-10,12-13,25H,2-6,11,14-15H2,1H3. The van der Waals surface area contributed by atoms with E-state index in [1.807, 2.05) is 30.3 Å². The van der Waals surface area contributed by atoms with Gasteiger partial charge in [-0.3, -0.25) is 0 Å². The Morgan fingerprint density at radius 1 is 0.885 bits per heavy atom. The van der Waals surface area contributed by atoms with Gasteiger partial charge in [0.1, 0.15) is 12.4 Å². The molecule has 0 aliphatic rings. The number of nitrogens with one attached hydrogen (secondary N) is 1. The molecule has 2 aromatic carbocycles. The van der Waals surface area contributed by atoms with E-state index < -0.39 is 0 Å². The predicted molar refractivity (Wildman–Crippen MR) is 113 cm³/mol. The maximum absolute atomic E-state index is 6.15. The highest BCUT2D eigenvalue weighted by Crippen LogP contribution is 2.26. The van der Waals surface area contributed by atoms with Gasteiger partial charge in [-0.1, -0.05) is 73.5 Å². The van der Waals surface area contributed by atoms with Crippen LogP contribution in [-0.2, 0) is 13.2 Å². The molecule has 2 rings (SSSR count). The van der Waals surface area contributed by atoms with Crippen molar-refractivity contribution in [3.8, 4) is 5.75 Å². The molecular formula is C21H26Cl3NO. The Morgan fingerprint density at radius 2 is 1.69 bits per heavy atom. The van der Waals surface area contributed by atoms with Crippen molar-refractivity contribution in [3.05, 3.63) is 62.6 Å². The van der Waals surface area contributed by atoms with Gasteiger partial charge in [-0.05, 0) is 48.9 Å². The first-order valence-electron chi connectivity index (χ1n) is 9.16. The van der Waals surface area contributed by atoms with Crippen LogP contribution in [0.5, 0.6) is 5.75 Å². The topological polar surface area (TPSA) is 21.3 Å². The van der Waals surface area contributed by atoms with Crippen LogP contribution in [0, 0.1) is 0 Å². The number of hydrogen-bond donors (Lipinski definition) is 1. The maximum Gasteiger partial charge on any atom is 0.124 e. The van der Waals surface area contributed by atoms with Crippen molar-refractivity contribution in [2.45, 2.75) is 52.2 Å². The largest absolute Gasteiger partial charge is 0.489 e. The van der Waals surface area contributed by atoms with Crippen LogP contribution in [0.1, 0.15) is 50.2 Å². The van der Waals surface area contributed by atoms with Crippen molar-refractivity contribution < 1.29 is 4.74 Å². The average molecular weight is 415 g/mol. The second-order valence-electron chi connectivity index (χ2n) is 6.38. The van der Waals surface area contributed by atoms with E-state index in [2.05, 4.69) is 12.2 Å². The summed E-state index contributed by atoms with van der Waals surface area (Å²) in [7, 11) is 0. The van der Waals surface area contributed by atoms with Crippen molar-refractivity contribution in [2.24, 2.45) is 0 Å². The minimum absolute atomic E-state index is 0.433. The summed E-state index contributed by atoms with van der Waals surface area (Å²) in [5.74, 6) is 0.832. The minimum atomic E-state index is 0.433. The zero-order valence-corrected chi connectivity index (χ0v) is 17.4. The van der Waals surface area contributed by atoms with E-state index in [9.17, 15) is 0 Å². The summed E-state index contributed by atoms with van der Waals surface area (Å²) in [5.41, 5.74) is 2.04. The van der Waals surface area contributed by atoms with E-state index in [1.54, 1.807) is 6.07 Å². The molecule has 0 bridgehead atoms. The smallest absolute Gasteiger partial charge is 0.124 e. The summed E-state index contributed by atoms with van der Waals surface area (Å²) in [4.78, 5) is 0. The van der Waals surface area contributed by atoms with Crippen LogP contribution in [0.25, 0.3) is 0 Å². The monoisotopic (exact) mass is 413 g/mol. The van der Waals surface area contributed by atoms with Crippen molar-refractivity contribution in [1.29, 1.82) is 0 Å². The van der Waals surface area contributed by atoms with Crippen LogP contribution in [-0.4, -0.2) is 6.54 Å². The summed E-state index contributed by atoms with van der Waals surface area (Å²) in [6.07, 6.45) is 6.38. The van der Waals surface area contributed by atoms with Gasteiger partial charge < -0.3 is 10.1 Å². The van der Waals surface area contributed by atoms with E-state index in [4.69, 9.17) is 39.5 Å². The molecule has 0 aliphatic carbocycles. The molecule has 0 atom stereocenters. The van der Waals surface area contributed by atoms with E-state index >= 15 is 0 Å². The lowest BCUT2D eigenvalue weighted by molar-refractivity contribution is 0.302. The van der Waals surface area contributed by atoms with Crippen molar-refractivity contribution in [3.63, 3.8) is 0 Å². The molecule has 1 N–H and O–H groups in total. The van der Waals surface area contributed by atoms with Crippen LogP contribution in [0.15, 0.2) is 36.4 Å². The number of unbranched alkanes of at least 4 members (excludes halogenated alkanes) is 4. The second kappa shape index (κ2) is 11.7. The van der Waals surface area contributed by atoms with Crippen molar-refractivity contribution in [2.75, 3.05) is 6.54 Å². The Kier molecular flexibility index (Phi) is 9.63. The van der Waals surface area contributed by atoms with Gasteiger partial charge in [0.05, 0.1) is 10.0 Å². The molecule has 0 aliphatic heterocycles. The first-order valence-corrected chi connectivity index (χ1v) is 10.3. The highest BCUT2D eigenvalue weighted by Gasteiger charge is 2.06. The maximum atomic E-state index is 6.15. The fourth-order valence-electron chi connectivity index (χ4n) is 2.69. The quantitative estimate of drug-likeness (QED) is 0.390. The fraction of sp³-hybridized carbons (Fsp3) is 0.429. The molecule has 0 saturated carbocycles. The summed E-state index contributed by atoms with van der Waals surface area (Å²) < 4.78 is 5.98. The van der Waals surface area contributed by atoms with Crippen molar-refractivity contribution in [1.82, 2.24) is 5.32 Å². The third-order valence-corrected chi connectivity index (χ3v) is 5.15. The normalized spacial score (nSPS) is 10.9. The van der Waals surface area contributed by atoms with Gasteiger partial charge >= 0.3 is 0 Å². The molecule has 26 heavy (non-hydrogen) atoms. The van der Waals surface area contributed by atoms with Gasteiger partial charge in [-0.2, -0.15) is 0 Å². The number of ether oxygens (including phenoxy) is 1. The predicted octanol–water partition coefficient (Wildman–Crippen LogP) is 7.29. The molecule has 0 unspecified atom stereocenters. The van der Waals surface area contributed by atoms with Crippen LogP contribution in [0.2, 0.25) is 15.1 Å². The lowest BCUT2D eigenvalue weighted by Gasteiger charge is -2.13. The number of halogens is 3. The molecule has 0 aromatic heterocycles. The van der Waals surface area contributed by atoms with Crippen LogP contribution >= 0.6 is 34.8 Å². The molecule has 2 nitrogen and oxygen atoms in total. The highest BCUT2D eigenvalue weighted by atomic mass is 35.5. The molecule has 0 heterocycles. The van der Waals surface area contributed by atoms with Crippen molar-refractivity contribution >= 4 is 34.8 Å². The van der Waals surface area contributed by atoms with E-state index in [1.165, 1.54) is 32.1 Å². The first-order chi connectivity index (χ1) is 12.6. The number of hydrogen-bond acceptors (Lipinski definition) is 2. The number of benzene rings is 2. The molecule has 0 radical (unpaired) electrons. The molecule has 0 saturated heterocycles.